The number of ether oxygens (including phenoxy) is 1. The van der Waals surface area contributed by atoms with Crippen LogP contribution >= 0.6 is 0 Å². The number of benzene rings is 1. The van der Waals surface area contributed by atoms with E-state index in [2.05, 4.69) is 17.0 Å². The number of nitrogens with zero attached hydrogens (tertiary/aromatic N) is 2. The number of aliphatic hydroxyl groups is 1. The van der Waals surface area contributed by atoms with Crippen molar-refractivity contribution in [3.63, 3.8) is 0 Å². The molecule has 25 heavy (non-hydrogen) atoms. The summed E-state index contributed by atoms with van der Waals surface area (Å²) in [5.41, 5.74) is 1.39. The Morgan fingerprint density at radius 1 is 1.20 bits per heavy atom. The number of rotatable bonds is 6. The number of hydrogen-bond acceptors (Lipinski definition) is 4. The average molecular weight is 346 g/mol. The largest absolute Gasteiger partial charge is 0.394 e. The minimum Gasteiger partial charge on any atom is -0.394 e. The van der Waals surface area contributed by atoms with Gasteiger partial charge in [-0.25, -0.2) is 0 Å². The molecular weight excluding hydrogens is 316 g/mol. The highest BCUT2D eigenvalue weighted by Gasteiger charge is 2.44. The zero-order valence-electron chi connectivity index (χ0n) is 15.2. The Morgan fingerprint density at radius 2 is 1.92 bits per heavy atom. The zero-order chi connectivity index (χ0) is 17.7. The van der Waals surface area contributed by atoms with Gasteiger partial charge in [0, 0.05) is 20.1 Å². The third-order valence-electron chi connectivity index (χ3n) is 5.79. The van der Waals surface area contributed by atoms with E-state index in [4.69, 9.17) is 9.84 Å². The summed E-state index contributed by atoms with van der Waals surface area (Å²) in [6.45, 7) is 5.11. The number of hydrogen-bond donors (Lipinski definition) is 1. The van der Waals surface area contributed by atoms with E-state index in [1.165, 1.54) is 0 Å². The standard InChI is InChI=1S/C20H30N2O3/c1-21-16-20(7-9-22(10-8-20)11-13-25-14-12-23)15-18(19(21)24)17-5-3-2-4-6-17/h2-6,18,23H,7-16H2,1H3/t18-/m1/s1. The zero-order valence-corrected chi connectivity index (χ0v) is 15.2. The molecule has 2 saturated heterocycles. The average Bonchev–Trinajstić information content (AvgIpc) is 2.64. The van der Waals surface area contributed by atoms with Crippen molar-refractivity contribution >= 4 is 5.91 Å². The molecule has 0 saturated carbocycles. The highest BCUT2D eigenvalue weighted by atomic mass is 16.5. The van der Waals surface area contributed by atoms with E-state index >= 15 is 0 Å². The molecule has 0 aliphatic carbocycles. The third kappa shape index (κ3) is 4.40. The molecule has 3 rings (SSSR count). The van der Waals surface area contributed by atoms with Crippen LogP contribution in [0.3, 0.4) is 0 Å². The first-order valence-electron chi connectivity index (χ1n) is 9.34. The lowest BCUT2D eigenvalue weighted by Gasteiger charge is -2.49. The van der Waals surface area contributed by atoms with Gasteiger partial charge in [0.1, 0.15) is 0 Å². The fraction of sp³-hybridized carbons (Fsp3) is 0.650. The number of carbonyl (C=O) groups is 1. The molecule has 2 heterocycles. The van der Waals surface area contributed by atoms with Crippen molar-refractivity contribution < 1.29 is 14.6 Å². The maximum atomic E-state index is 12.7. The fourth-order valence-corrected chi connectivity index (χ4v) is 4.35. The molecule has 5 nitrogen and oxygen atoms in total. The highest BCUT2D eigenvalue weighted by Crippen LogP contribution is 2.45. The molecule has 1 spiro atoms. The van der Waals surface area contributed by atoms with Gasteiger partial charge < -0.3 is 19.6 Å². The summed E-state index contributed by atoms with van der Waals surface area (Å²) in [6.07, 6.45) is 3.23. The van der Waals surface area contributed by atoms with Crippen molar-refractivity contribution in [1.82, 2.24) is 9.80 Å². The normalized spacial score (nSPS) is 24.0. The summed E-state index contributed by atoms with van der Waals surface area (Å²) in [6, 6.07) is 10.2. The molecule has 0 aromatic heterocycles. The van der Waals surface area contributed by atoms with Crippen LogP contribution in [-0.4, -0.2) is 73.9 Å². The van der Waals surface area contributed by atoms with Crippen LogP contribution in [0.1, 0.15) is 30.7 Å². The van der Waals surface area contributed by atoms with E-state index in [0.717, 1.165) is 51.0 Å². The molecule has 1 N–H and O–H groups in total. The Labute approximate surface area is 150 Å². The minimum absolute atomic E-state index is 0.000567. The van der Waals surface area contributed by atoms with Crippen LogP contribution < -0.4 is 0 Å². The number of likely N-dealkylation sites (tertiary alicyclic amines) is 2. The summed E-state index contributed by atoms with van der Waals surface area (Å²) in [7, 11) is 1.95. The van der Waals surface area contributed by atoms with Crippen molar-refractivity contribution in [2.24, 2.45) is 5.41 Å². The van der Waals surface area contributed by atoms with Gasteiger partial charge in [-0.05, 0) is 43.3 Å². The van der Waals surface area contributed by atoms with E-state index in [1.807, 2.05) is 30.1 Å². The number of piperidine rings is 2. The molecule has 1 atom stereocenters. The van der Waals surface area contributed by atoms with Crippen molar-refractivity contribution in [2.45, 2.75) is 25.2 Å². The summed E-state index contributed by atoms with van der Waals surface area (Å²) in [5, 5.41) is 8.76. The Bertz CT molecular complexity index is 555. The Kier molecular flexibility index (Phi) is 6.10. The van der Waals surface area contributed by atoms with E-state index in [9.17, 15) is 4.79 Å². The SMILES string of the molecule is CN1CC2(CCN(CCOCCO)CC2)C[C@H](c2ccccc2)C1=O. The summed E-state index contributed by atoms with van der Waals surface area (Å²) in [4.78, 5) is 17.1. The molecule has 0 radical (unpaired) electrons. The van der Waals surface area contributed by atoms with Crippen LogP contribution in [0, 0.1) is 5.41 Å². The number of likely N-dealkylation sites (N-methyl/N-ethyl adjacent to an activating group) is 1. The lowest BCUT2D eigenvalue weighted by atomic mass is 9.68. The van der Waals surface area contributed by atoms with Crippen LogP contribution in [-0.2, 0) is 9.53 Å². The van der Waals surface area contributed by atoms with Gasteiger partial charge in [0.05, 0.1) is 25.7 Å². The lowest BCUT2D eigenvalue weighted by Crippen LogP contribution is -2.53. The predicted octanol–water partition coefficient (Wildman–Crippen LogP) is 1.72. The topological polar surface area (TPSA) is 53.0 Å². The molecule has 1 aromatic rings. The quantitative estimate of drug-likeness (QED) is 0.797. The van der Waals surface area contributed by atoms with Gasteiger partial charge in [-0.1, -0.05) is 30.3 Å². The molecular formula is C20H30N2O3. The molecule has 1 amide bonds. The van der Waals surface area contributed by atoms with Crippen LogP contribution in [0.2, 0.25) is 0 Å². The summed E-state index contributed by atoms with van der Waals surface area (Å²) in [5.74, 6) is 0.260. The first-order chi connectivity index (χ1) is 12.1. The first kappa shape index (κ1) is 18.4. The Hall–Kier alpha value is -1.43. The molecule has 5 heteroatoms. The lowest BCUT2D eigenvalue weighted by molar-refractivity contribution is -0.139. The second-order valence-electron chi connectivity index (χ2n) is 7.54. The van der Waals surface area contributed by atoms with Crippen molar-refractivity contribution in [3.05, 3.63) is 35.9 Å². The molecule has 2 aliphatic rings. The second-order valence-corrected chi connectivity index (χ2v) is 7.54. The van der Waals surface area contributed by atoms with Crippen LogP contribution in [0.4, 0.5) is 0 Å². The van der Waals surface area contributed by atoms with E-state index in [0.29, 0.717) is 13.2 Å². The maximum Gasteiger partial charge on any atom is 0.229 e. The number of amides is 1. The molecule has 138 valence electrons. The Morgan fingerprint density at radius 3 is 2.60 bits per heavy atom. The van der Waals surface area contributed by atoms with Gasteiger partial charge in [-0.2, -0.15) is 0 Å². The van der Waals surface area contributed by atoms with Crippen molar-refractivity contribution in [3.8, 4) is 0 Å². The smallest absolute Gasteiger partial charge is 0.229 e. The molecule has 2 aliphatic heterocycles. The van der Waals surface area contributed by atoms with Crippen molar-refractivity contribution in [1.29, 1.82) is 0 Å². The molecule has 2 fully saturated rings. The predicted molar refractivity (Wildman–Crippen MR) is 97.4 cm³/mol. The van der Waals surface area contributed by atoms with Crippen LogP contribution in [0.15, 0.2) is 30.3 Å². The third-order valence-corrected chi connectivity index (χ3v) is 5.79. The van der Waals surface area contributed by atoms with Crippen LogP contribution in [0.25, 0.3) is 0 Å². The molecule has 0 unspecified atom stereocenters. The number of carbonyl (C=O) groups excluding carboxylic acids is 1. The van der Waals surface area contributed by atoms with Crippen LogP contribution in [0.5, 0.6) is 0 Å². The highest BCUT2D eigenvalue weighted by molar-refractivity contribution is 5.84. The van der Waals surface area contributed by atoms with Gasteiger partial charge in [-0.15, -0.1) is 0 Å². The maximum absolute atomic E-state index is 12.7. The van der Waals surface area contributed by atoms with Gasteiger partial charge in [-0.3, -0.25) is 4.79 Å². The Balaban J connectivity index is 1.60. The first-order valence-corrected chi connectivity index (χ1v) is 9.34. The second kappa shape index (κ2) is 8.30. The van der Waals surface area contributed by atoms with Gasteiger partial charge >= 0.3 is 0 Å². The monoisotopic (exact) mass is 346 g/mol. The van der Waals surface area contributed by atoms with Crippen molar-refractivity contribution in [2.75, 3.05) is 53.0 Å². The van der Waals surface area contributed by atoms with Gasteiger partial charge in [0.15, 0.2) is 0 Å². The minimum atomic E-state index is -0.000567. The van der Waals surface area contributed by atoms with Gasteiger partial charge in [0.25, 0.3) is 0 Å². The van der Waals surface area contributed by atoms with E-state index < -0.39 is 0 Å². The molecule has 1 aromatic carbocycles. The number of aliphatic hydroxyl groups excluding tert-OH is 1. The summed E-state index contributed by atoms with van der Waals surface area (Å²) < 4.78 is 5.38. The molecule has 0 bridgehead atoms. The van der Waals surface area contributed by atoms with E-state index in [-0.39, 0.29) is 23.8 Å². The summed E-state index contributed by atoms with van der Waals surface area (Å²) >= 11 is 0. The van der Waals surface area contributed by atoms with Gasteiger partial charge in [0.2, 0.25) is 5.91 Å². The fourth-order valence-electron chi connectivity index (χ4n) is 4.35. The van der Waals surface area contributed by atoms with E-state index in [1.54, 1.807) is 0 Å².